The molecular weight excluding hydrogens is 156 g/mol. The van der Waals surface area contributed by atoms with Crippen LogP contribution < -0.4 is 0 Å². The van der Waals surface area contributed by atoms with Crippen molar-refractivity contribution in [2.45, 2.75) is 73.1 Å². The Morgan fingerprint density at radius 3 is 1.77 bits per heavy atom. The molecule has 0 heteroatoms. The molecule has 0 aliphatic rings. The van der Waals surface area contributed by atoms with Crippen LogP contribution in [0.15, 0.2) is 11.6 Å². The lowest BCUT2D eigenvalue weighted by Gasteiger charge is -1.96. The van der Waals surface area contributed by atoms with Crippen molar-refractivity contribution in [1.82, 2.24) is 0 Å². The molecule has 0 aliphatic carbocycles. The van der Waals surface area contributed by atoms with Gasteiger partial charge in [0, 0.05) is 0 Å². The molecule has 0 aromatic rings. The minimum Gasteiger partial charge on any atom is -0.0859 e. The highest BCUT2D eigenvalue weighted by atomic mass is 13.9. The van der Waals surface area contributed by atoms with Crippen molar-refractivity contribution in [3.05, 3.63) is 11.6 Å². The van der Waals surface area contributed by atoms with E-state index in [0.717, 1.165) is 0 Å². The first-order valence-corrected chi connectivity index (χ1v) is 5.88. The SMILES string of the molecule is CC/C=C(/C)CCCC.CCCC. The van der Waals surface area contributed by atoms with Gasteiger partial charge in [-0.1, -0.05) is 58.6 Å². The summed E-state index contributed by atoms with van der Waals surface area (Å²) in [6.45, 7) is 11.0. The minimum atomic E-state index is 1.19. The van der Waals surface area contributed by atoms with E-state index >= 15 is 0 Å². The van der Waals surface area contributed by atoms with Crippen LogP contribution in [0.4, 0.5) is 0 Å². The van der Waals surface area contributed by atoms with E-state index in [2.05, 4.69) is 40.7 Å². The summed E-state index contributed by atoms with van der Waals surface area (Å²) in [6, 6.07) is 0. The van der Waals surface area contributed by atoms with E-state index in [1.807, 2.05) is 0 Å². The Morgan fingerprint density at radius 2 is 1.46 bits per heavy atom. The zero-order chi connectivity index (χ0) is 10.5. The smallest absolute Gasteiger partial charge is 0.0323 e. The van der Waals surface area contributed by atoms with Crippen molar-refractivity contribution in [2.24, 2.45) is 0 Å². The maximum absolute atomic E-state index is 2.32. The van der Waals surface area contributed by atoms with Gasteiger partial charge in [-0.15, -0.1) is 0 Å². The lowest BCUT2D eigenvalue weighted by atomic mass is 10.1. The van der Waals surface area contributed by atoms with Crippen LogP contribution in [0.1, 0.15) is 73.1 Å². The fraction of sp³-hybridized carbons (Fsp3) is 0.846. The monoisotopic (exact) mass is 184 g/mol. The Hall–Kier alpha value is -0.260. The van der Waals surface area contributed by atoms with Crippen LogP contribution in [-0.4, -0.2) is 0 Å². The van der Waals surface area contributed by atoms with E-state index in [9.17, 15) is 0 Å². The van der Waals surface area contributed by atoms with Crippen LogP contribution in [0.3, 0.4) is 0 Å². The highest BCUT2D eigenvalue weighted by molar-refractivity contribution is 4.96. The molecule has 0 aromatic heterocycles. The van der Waals surface area contributed by atoms with Gasteiger partial charge in [0.2, 0.25) is 0 Å². The molecule has 0 aromatic carbocycles. The summed E-state index contributed by atoms with van der Waals surface area (Å²) >= 11 is 0. The third kappa shape index (κ3) is 18.6. The molecule has 0 unspecified atom stereocenters. The largest absolute Gasteiger partial charge is 0.0859 e. The molecule has 0 saturated carbocycles. The normalized spacial score (nSPS) is 10.7. The maximum Gasteiger partial charge on any atom is -0.0323 e. The summed E-state index contributed by atoms with van der Waals surface area (Å²) in [4.78, 5) is 0. The summed E-state index contributed by atoms with van der Waals surface area (Å²) in [5.41, 5.74) is 1.55. The van der Waals surface area contributed by atoms with E-state index in [0.29, 0.717) is 0 Å². The van der Waals surface area contributed by atoms with Crippen LogP contribution in [0.2, 0.25) is 0 Å². The molecule has 0 amide bonds. The molecule has 13 heavy (non-hydrogen) atoms. The van der Waals surface area contributed by atoms with Gasteiger partial charge in [-0.25, -0.2) is 0 Å². The Balaban J connectivity index is 0. The molecular formula is C13H28. The van der Waals surface area contributed by atoms with Crippen molar-refractivity contribution in [1.29, 1.82) is 0 Å². The van der Waals surface area contributed by atoms with Gasteiger partial charge in [-0.05, 0) is 26.2 Å². The van der Waals surface area contributed by atoms with Crippen LogP contribution in [-0.2, 0) is 0 Å². The third-order valence-corrected chi connectivity index (χ3v) is 1.98. The van der Waals surface area contributed by atoms with E-state index in [1.54, 1.807) is 5.57 Å². The summed E-state index contributed by atoms with van der Waals surface area (Å²) in [7, 11) is 0. The van der Waals surface area contributed by atoms with Gasteiger partial charge in [0.05, 0.1) is 0 Å². The maximum atomic E-state index is 2.32. The van der Waals surface area contributed by atoms with Crippen molar-refractivity contribution < 1.29 is 0 Å². The molecule has 0 spiro atoms. The Bertz CT molecular complexity index is 98.6. The quantitative estimate of drug-likeness (QED) is 0.506. The number of unbranched alkanes of at least 4 members (excludes halogenated alkanes) is 2. The fourth-order valence-corrected chi connectivity index (χ4v) is 0.906. The van der Waals surface area contributed by atoms with Crippen LogP contribution in [0.25, 0.3) is 0 Å². The predicted molar refractivity (Wildman–Crippen MR) is 64.2 cm³/mol. The molecule has 0 rings (SSSR count). The van der Waals surface area contributed by atoms with E-state index in [1.165, 1.54) is 38.5 Å². The number of hydrogen-bond acceptors (Lipinski definition) is 0. The Labute approximate surface area is 85.4 Å². The summed E-state index contributed by atoms with van der Waals surface area (Å²) in [5.74, 6) is 0. The lowest BCUT2D eigenvalue weighted by molar-refractivity contribution is 0.784. The van der Waals surface area contributed by atoms with Gasteiger partial charge in [0.25, 0.3) is 0 Å². The minimum absolute atomic E-state index is 1.19. The summed E-state index contributed by atoms with van der Waals surface area (Å²) < 4.78 is 0. The molecule has 0 heterocycles. The molecule has 0 aliphatic heterocycles. The average molecular weight is 184 g/mol. The number of hydrogen-bond donors (Lipinski definition) is 0. The first-order valence-electron chi connectivity index (χ1n) is 5.88. The molecule has 0 radical (unpaired) electrons. The number of rotatable bonds is 5. The Kier molecular flexibility index (Phi) is 16.7. The van der Waals surface area contributed by atoms with Crippen molar-refractivity contribution in [3.8, 4) is 0 Å². The van der Waals surface area contributed by atoms with Gasteiger partial charge in [0.15, 0.2) is 0 Å². The summed E-state index contributed by atoms with van der Waals surface area (Å²) in [6.07, 6.45) is 10.1. The topological polar surface area (TPSA) is 0 Å². The number of allylic oxidation sites excluding steroid dienone is 2. The van der Waals surface area contributed by atoms with Crippen molar-refractivity contribution >= 4 is 0 Å². The standard InChI is InChI=1S/C9H18.C4H10/c1-4-6-8-9(3)7-5-2;1-3-4-2/h7H,4-6,8H2,1-3H3;3-4H2,1-2H3/b9-7-;. The van der Waals surface area contributed by atoms with E-state index < -0.39 is 0 Å². The van der Waals surface area contributed by atoms with Gasteiger partial charge in [0.1, 0.15) is 0 Å². The zero-order valence-electron chi connectivity index (χ0n) is 10.3. The lowest BCUT2D eigenvalue weighted by Crippen LogP contribution is -1.75. The van der Waals surface area contributed by atoms with Gasteiger partial charge in [-0.2, -0.15) is 0 Å². The molecule has 0 atom stereocenters. The second-order valence-electron chi connectivity index (χ2n) is 3.56. The zero-order valence-corrected chi connectivity index (χ0v) is 10.3. The molecule has 0 bridgehead atoms. The third-order valence-electron chi connectivity index (χ3n) is 1.98. The molecule has 0 N–H and O–H groups in total. The van der Waals surface area contributed by atoms with Crippen molar-refractivity contribution in [2.75, 3.05) is 0 Å². The first-order chi connectivity index (χ1) is 6.22. The highest BCUT2D eigenvalue weighted by Gasteiger charge is 1.85. The van der Waals surface area contributed by atoms with E-state index in [4.69, 9.17) is 0 Å². The second kappa shape index (κ2) is 14.3. The van der Waals surface area contributed by atoms with Gasteiger partial charge in [-0.3, -0.25) is 0 Å². The van der Waals surface area contributed by atoms with Crippen LogP contribution in [0.5, 0.6) is 0 Å². The van der Waals surface area contributed by atoms with E-state index in [-0.39, 0.29) is 0 Å². The first kappa shape index (κ1) is 15.2. The molecule has 0 saturated heterocycles. The highest BCUT2D eigenvalue weighted by Crippen LogP contribution is 2.05. The van der Waals surface area contributed by atoms with Gasteiger partial charge < -0.3 is 0 Å². The Morgan fingerprint density at radius 1 is 0.923 bits per heavy atom. The summed E-state index contributed by atoms with van der Waals surface area (Å²) in [5, 5.41) is 0. The van der Waals surface area contributed by atoms with Gasteiger partial charge >= 0.3 is 0 Å². The predicted octanol–water partition coefficient (Wildman–Crippen LogP) is 5.34. The van der Waals surface area contributed by atoms with Crippen molar-refractivity contribution in [3.63, 3.8) is 0 Å². The molecule has 0 fully saturated rings. The second-order valence-corrected chi connectivity index (χ2v) is 3.56. The average Bonchev–Trinajstić information content (AvgIpc) is 2.16. The van der Waals surface area contributed by atoms with Crippen LogP contribution in [0, 0.1) is 0 Å². The fourth-order valence-electron chi connectivity index (χ4n) is 0.906. The molecule has 80 valence electrons. The molecule has 0 nitrogen and oxygen atoms in total. The van der Waals surface area contributed by atoms with Crippen LogP contribution >= 0.6 is 0 Å².